The molecule has 0 saturated carbocycles. The first-order chi connectivity index (χ1) is 15.1. The molecule has 1 fully saturated rings. The smallest absolute Gasteiger partial charge is 0.416 e. The maximum absolute atomic E-state index is 13.6. The van der Waals surface area contributed by atoms with Gasteiger partial charge in [0.05, 0.1) is 29.9 Å². The summed E-state index contributed by atoms with van der Waals surface area (Å²) < 4.78 is 50.9. The molecule has 0 spiro atoms. The Kier molecular flexibility index (Phi) is 9.09. The molecule has 10 heteroatoms. The van der Waals surface area contributed by atoms with Crippen LogP contribution in [0.1, 0.15) is 27.9 Å². The van der Waals surface area contributed by atoms with Crippen molar-refractivity contribution in [1.29, 1.82) is 0 Å². The van der Waals surface area contributed by atoms with E-state index in [1.807, 2.05) is 37.4 Å². The van der Waals surface area contributed by atoms with Crippen LogP contribution in [0, 0.1) is 0 Å². The highest BCUT2D eigenvalue weighted by Gasteiger charge is 2.42. The molecule has 1 N–H and O–H groups in total. The van der Waals surface area contributed by atoms with E-state index in [2.05, 4.69) is 10.2 Å². The van der Waals surface area contributed by atoms with Gasteiger partial charge in [-0.05, 0) is 31.0 Å². The zero-order valence-corrected chi connectivity index (χ0v) is 20.5. The van der Waals surface area contributed by atoms with Gasteiger partial charge in [0.1, 0.15) is 5.75 Å². The number of rotatable bonds is 6. The molecule has 1 heterocycles. The fourth-order valence-electron chi connectivity index (χ4n) is 4.26. The van der Waals surface area contributed by atoms with Crippen LogP contribution in [0.4, 0.5) is 13.2 Å². The van der Waals surface area contributed by atoms with Crippen molar-refractivity contribution >= 4 is 30.1 Å². The highest BCUT2D eigenvalue weighted by atomic mass is 35.5. The number of benzene rings is 2. The lowest BCUT2D eigenvalue weighted by Crippen LogP contribution is -2.59. The summed E-state index contributed by atoms with van der Waals surface area (Å²) in [5.74, 6) is -0.605. The minimum absolute atomic E-state index is 0. The van der Waals surface area contributed by atoms with Crippen molar-refractivity contribution in [3.05, 3.63) is 59.2 Å². The minimum atomic E-state index is -4.55. The molecule has 2 unspecified atom stereocenters. The Labute approximate surface area is 202 Å². The monoisotopic (exact) mass is 504 g/mol. The lowest BCUT2D eigenvalue weighted by Gasteiger charge is -2.45. The number of piperidine rings is 1. The summed E-state index contributed by atoms with van der Waals surface area (Å²) in [7, 11) is 4.84. The first-order valence-corrected chi connectivity index (χ1v) is 11.3. The van der Waals surface area contributed by atoms with E-state index in [0.29, 0.717) is 19.5 Å². The normalized spacial score (nSPS) is 21.2. The predicted octanol–water partition coefficient (Wildman–Crippen LogP) is 4.83. The molecule has 5 nitrogen and oxygen atoms in total. The summed E-state index contributed by atoms with van der Waals surface area (Å²) >= 11 is 1.07. The van der Waals surface area contributed by atoms with Crippen LogP contribution in [0.5, 0.6) is 5.75 Å². The van der Waals surface area contributed by atoms with Crippen LogP contribution in [-0.4, -0.2) is 57.5 Å². The lowest BCUT2D eigenvalue weighted by molar-refractivity contribution is -0.137. The average Bonchev–Trinajstić information content (AvgIpc) is 2.77. The Bertz CT molecular complexity index is 937. The summed E-state index contributed by atoms with van der Waals surface area (Å²) in [5.41, 5.74) is -0.649. The Hall–Kier alpha value is -1.94. The molecular weight excluding hydrogens is 477 g/mol. The van der Waals surface area contributed by atoms with Crippen LogP contribution >= 0.6 is 24.2 Å². The molecule has 1 aliphatic heterocycles. The van der Waals surface area contributed by atoms with Gasteiger partial charge in [-0.1, -0.05) is 30.3 Å². The van der Waals surface area contributed by atoms with Crippen molar-refractivity contribution in [3.8, 4) is 5.75 Å². The van der Waals surface area contributed by atoms with E-state index >= 15 is 0 Å². The number of amides is 1. The minimum Gasteiger partial charge on any atom is -0.496 e. The van der Waals surface area contributed by atoms with Gasteiger partial charge in [-0.2, -0.15) is 13.2 Å². The number of carbonyl (C=O) groups is 1. The standard InChI is InChI=1S/C23H27F3N2O3S.ClH/c1-28-13-17(30-2)12-22(14-28,15-8-6-5-7-9-15)27-21(29)20-18(31-3)10-16(23(24,25)26)11-19(20)32-4;/h5-11,17H,12-14H2,1-4H3,(H,27,29);1H. The number of halogens is 4. The van der Waals surface area contributed by atoms with Crippen LogP contribution in [0.3, 0.4) is 0 Å². The number of hydrogen-bond donors (Lipinski definition) is 1. The molecule has 0 aromatic heterocycles. The van der Waals surface area contributed by atoms with Gasteiger partial charge < -0.3 is 19.7 Å². The van der Waals surface area contributed by atoms with Gasteiger partial charge in [0.25, 0.3) is 5.91 Å². The number of methoxy groups -OCH3 is 2. The summed E-state index contributed by atoms with van der Waals surface area (Å²) in [6, 6.07) is 11.4. The largest absolute Gasteiger partial charge is 0.496 e. The van der Waals surface area contributed by atoms with Gasteiger partial charge in [0.2, 0.25) is 0 Å². The van der Waals surface area contributed by atoms with E-state index in [1.165, 1.54) is 7.11 Å². The first-order valence-electron chi connectivity index (χ1n) is 10.1. The Morgan fingerprint density at radius 2 is 1.88 bits per heavy atom. The average molecular weight is 505 g/mol. The summed E-state index contributed by atoms with van der Waals surface area (Å²) in [6.07, 6.45) is -2.51. The van der Waals surface area contributed by atoms with Gasteiger partial charge in [0.15, 0.2) is 0 Å². The molecular formula is C23H28ClF3N2O3S. The zero-order chi connectivity index (χ0) is 23.5. The fraction of sp³-hybridized carbons (Fsp3) is 0.435. The molecule has 182 valence electrons. The Morgan fingerprint density at radius 1 is 1.21 bits per heavy atom. The molecule has 0 radical (unpaired) electrons. The van der Waals surface area contributed by atoms with Gasteiger partial charge in [-0.3, -0.25) is 4.79 Å². The number of hydrogen-bond acceptors (Lipinski definition) is 5. The Balaban J connectivity index is 0.00000385. The maximum atomic E-state index is 13.6. The number of carbonyl (C=O) groups excluding carboxylic acids is 1. The van der Waals surface area contributed by atoms with Crippen LogP contribution in [0.25, 0.3) is 0 Å². The molecule has 2 aromatic rings. The molecule has 33 heavy (non-hydrogen) atoms. The van der Waals surface area contributed by atoms with E-state index in [4.69, 9.17) is 9.47 Å². The predicted molar refractivity (Wildman–Crippen MR) is 126 cm³/mol. The number of likely N-dealkylation sites (tertiary alicyclic amines) is 1. The highest BCUT2D eigenvalue weighted by Crippen LogP contribution is 2.39. The Morgan fingerprint density at radius 3 is 2.42 bits per heavy atom. The van der Waals surface area contributed by atoms with E-state index in [-0.39, 0.29) is 34.7 Å². The van der Waals surface area contributed by atoms with E-state index in [1.54, 1.807) is 13.4 Å². The number of likely N-dealkylation sites (N-methyl/N-ethyl adjacent to an activating group) is 1. The van der Waals surface area contributed by atoms with E-state index in [0.717, 1.165) is 29.5 Å². The van der Waals surface area contributed by atoms with Crippen molar-refractivity contribution in [2.75, 3.05) is 40.6 Å². The fourth-order valence-corrected chi connectivity index (χ4v) is 4.90. The molecule has 1 aliphatic rings. The van der Waals surface area contributed by atoms with Gasteiger partial charge in [-0.25, -0.2) is 0 Å². The summed E-state index contributed by atoms with van der Waals surface area (Å²) in [4.78, 5) is 15.8. The summed E-state index contributed by atoms with van der Waals surface area (Å²) in [5, 5.41) is 3.13. The zero-order valence-electron chi connectivity index (χ0n) is 18.9. The quantitative estimate of drug-likeness (QED) is 0.571. The number of alkyl halides is 3. The molecule has 2 aromatic carbocycles. The van der Waals surface area contributed by atoms with E-state index in [9.17, 15) is 18.0 Å². The number of ether oxygens (including phenoxy) is 2. The van der Waals surface area contributed by atoms with Crippen LogP contribution in [-0.2, 0) is 16.5 Å². The number of nitrogens with zero attached hydrogens (tertiary/aromatic N) is 1. The molecule has 0 bridgehead atoms. The van der Waals surface area contributed by atoms with Crippen LogP contribution < -0.4 is 10.1 Å². The molecule has 0 aliphatic carbocycles. The van der Waals surface area contributed by atoms with Crippen molar-refractivity contribution in [2.45, 2.75) is 29.1 Å². The van der Waals surface area contributed by atoms with Crippen LogP contribution in [0.2, 0.25) is 0 Å². The van der Waals surface area contributed by atoms with Crippen molar-refractivity contribution in [2.24, 2.45) is 0 Å². The second-order valence-electron chi connectivity index (χ2n) is 7.91. The second-order valence-corrected chi connectivity index (χ2v) is 8.76. The van der Waals surface area contributed by atoms with Gasteiger partial charge >= 0.3 is 6.18 Å². The highest BCUT2D eigenvalue weighted by molar-refractivity contribution is 7.98. The third-order valence-corrected chi connectivity index (χ3v) is 6.47. The third kappa shape index (κ3) is 5.95. The molecule has 2 atom stereocenters. The third-order valence-electron chi connectivity index (χ3n) is 5.70. The molecule has 3 rings (SSSR count). The van der Waals surface area contributed by atoms with Crippen LogP contribution in [0.15, 0.2) is 47.4 Å². The maximum Gasteiger partial charge on any atom is 0.416 e. The van der Waals surface area contributed by atoms with Crippen molar-refractivity contribution < 1.29 is 27.4 Å². The first kappa shape index (κ1) is 27.3. The SMILES string of the molecule is COc1cc(C(F)(F)F)cc(SC)c1C(=O)NC1(c2ccccc2)CC(OC)CN(C)C1.Cl. The number of nitrogens with one attached hydrogen (secondary N) is 1. The van der Waals surface area contributed by atoms with Gasteiger partial charge in [-0.15, -0.1) is 24.2 Å². The van der Waals surface area contributed by atoms with Crippen molar-refractivity contribution in [3.63, 3.8) is 0 Å². The van der Waals surface area contributed by atoms with Gasteiger partial charge in [0, 0.05) is 31.5 Å². The number of thioether (sulfide) groups is 1. The second kappa shape index (κ2) is 11.0. The summed E-state index contributed by atoms with van der Waals surface area (Å²) in [6.45, 7) is 1.24. The lowest BCUT2D eigenvalue weighted by atomic mass is 9.80. The van der Waals surface area contributed by atoms with Crippen molar-refractivity contribution in [1.82, 2.24) is 10.2 Å². The topological polar surface area (TPSA) is 50.8 Å². The molecule has 1 saturated heterocycles. The van der Waals surface area contributed by atoms with E-state index < -0.39 is 23.2 Å². The molecule has 1 amide bonds.